The molecule has 2 atom stereocenters. The molecule has 0 radical (unpaired) electrons. The lowest BCUT2D eigenvalue weighted by Crippen LogP contribution is -2.54. The van der Waals surface area contributed by atoms with Gasteiger partial charge in [-0.2, -0.15) is 0 Å². The first-order chi connectivity index (χ1) is 8.31. The summed E-state index contributed by atoms with van der Waals surface area (Å²) in [5.41, 5.74) is 0. The molecule has 2 rings (SSSR count). The molecule has 0 aromatic carbocycles. The topological polar surface area (TPSA) is 26.7 Å². The number of nitrogens with zero attached hydrogens (tertiary/aromatic N) is 2. The van der Waals surface area contributed by atoms with Gasteiger partial charge in [0.2, 0.25) is 0 Å². The maximum absolute atomic E-state index is 8.74. The molecule has 2 fully saturated rings. The van der Waals surface area contributed by atoms with Crippen LogP contribution in [0.1, 0.15) is 45.4 Å². The van der Waals surface area contributed by atoms with E-state index in [4.69, 9.17) is 5.11 Å². The van der Waals surface area contributed by atoms with Gasteiger partial charge in [0.1, 0.15) is 0 Å². The quantitative estimate of drug-likeness (QED) is 0.716. The molecule has 0 bridgehead atoms. The lowest BCUT2D eigenvalue weighted by molar-refractivity contribution is 0.0582. The molecule has 2 unspecified atom stereocenters. The van der Waals surface area contributed by atoms with E-state index in [0.717, 1.165) is 18.5 Å². The summed E-state index contributed by atoms with van der Waals surface area (Å²) in [7, 11) is 0. The molecule has 0 aromatic heterocycles. The molecule has 2 saturated heterocycles. The first kappa shape index (κ1) is 13.3. The molecule has 17 heavy (non-hydrogen) atoms. The normalized spacial score (nSPS) is 30.7. The number of aliphatic hydroxyl groups is 1. The van der Waals surface area contributed by atoms with Gasteiger partial charge in [-0.15, -0.1) is 0 Å². The van der Waals surface area contributed by atoms with Crippen LogP contribution in [0.4, 0.5) is 0 Å². The molecule has 3 nitrogen and oxygen atoms in total. The molecule has 0 spiro atoms. The zero-order chi connectivity index (χ0) is 12.1. The van der Waals surface area contributed by atoms with Crippen molar-refractivity contribution in [2.75, 3.05) is 32.8 Å². The van der Waals surface area contributed by atoms with Gasteiger partial charge < -0.3 is 5.11 Å². The number of hydrogen-bond donors (Lipinski definition) is 1. The van der Waals surface area contributed by atoms with Crippen LogP contribution in [0.5, 0.6) is 0 Å². The fourth-order valence-electron chi connectivity index (χ4n) is 3.34. The minimum atomic E-state index is 0.358. The van der Waals surface area contributed by atoms with Crippen molar-refractivity contribution in [3.05, 3.63) is 0 Å². The Morgan fingerprint density at radius 1 is 1.12 bits per heavy atom. The molecule has 0 aliphatic carbocycles. The molecule has 0 saturated carbocycles. The highest BCUT2D eigenvalue weighted by Gasteiger charge is 2.33. The first-order valence-electron chi connectivity index (χ1n) is 7.40. The summed E-state index contributed by atoms with van der Waals surface area (Å²) in [6.45, 7) is 7.90. The third kappa shape index (κ3) is 3.67. The average molecular weight is 240 g/mol. The van der Waals surface area contributed by atoms with Crippen molar-refractivity contribution >= 4 is 0 Å². The number of hydrogen-bond acceptors (Lipinski definition) is 3. The summed E-state index contributed by atoms with van der Waals surface area (Å²) in [5, 5.41) is 8.74. The Hall–Kier alpha value is -0.120. The summed E-state index contributed by atoms with van der Waals surface area (Å²) in [6.07, 6.45) is 7.56. The van der Waals surface area contributed by atoms with Crippen molar-refractivity contribution in [2.45, 2.75) is 57.5 Å². The largest absolute Gasteiger partial charge is 0.396 e. The monoisotopic (exact) mass is 240 g/mol. The predicted octanol–water partition coefficient (Wildman–Crippen LogP) is 1.71. The van der Waals surface area contributed by atoms with Crippen LogP contribution < -0.4 is 0 Å². The van der Waals surface area contributed by atoms with Gasteiger partial charge in [-0.05, 0) is 45.7 Å². The molecule has 100 valence electrons. The molecule has 2 heterocycles. The van der Waals surface area contributed by atoms with Crippen LogP contribution in [0.15, 0.2) is 0 Å². The molecule has 1 N–H and O–H groups in total. The Balaban J connectivity index is 1.66. The zero-order valence-corrected chi connectivity index (χ0v) is 11.3. The third-order valence-electron chi connectivity index (χ3n) is 4.42. The van der Waals surface area contributed by atoms with Gasteiger partial charge in [0, 0.05) is 31.8 Å². The van der Waals surface area contributed by atoms with Crippen molar-refractivity contribution in [1.29, 1.82) is 0 Å². The van der Waals surface area contributed by atoms with Gasteiger partial charge in [0.05, 0.1) is 0 Å². The Bertz CT molecular complexity index is 222. The lowest BCUT2D eigenvalue weighted by atomic mass is 10.1. The highest BCUT2D eigenvalue weighted by molar-refractivity contribution is 4.90. The van der Waals surface area contributed by atoms with E-state index in [0.29, 0.717) is 6.61 Å². The van der Waals surface area contributed by atoms with Crippen LogP contribution >= 0.6 is 0 Å². The molecule has 2 aliphatic heterocycles. The molecule has 0 aromatic rings. The maximum Gasteiger partial charge on any atom is 0.0431 e. The second-order valence-corrected chi connectivity index (χ2v) is 5.77. The summed E-state index contributed by atoms with van der Waals surface area (Å²) < 4.78 is 0. The number of piperazine rings is 1. The van der Waals surface area contributed by atoms with E-state index in [-0.39, 0.29) is 0 Å². The third-order valence-corrected chi connectivity index (χ3v) is 4.42. The zero-order valence-electron chi connectivity index (χ0n) is 11.3. The molecular formula is C14H28N2O. The number of fused-ring (bicyclic) bond motifs is 1. The second kappa shape index (κ2) is 6.72. The van der Waals surface area contributed by atoms with Gasteiger partial charge in [0.25, 0.3) is 0 Å². The Kier molecular flexibility index (Phi) is 5.26. The van der Waals surface area contributed by atoms with Gasteiger partial charge in [-0.1, -0.05) is 12.8 Å². The maximum atomic E-state index is 8.74. The van der Waals surface area contributed by atoms with E-state index in [1.165, 1.54) is 58.3 Å². The Morgan fingerprint density at radius 2 is 1.94 bits per heavy atom. The van der Waals surface area contributed by atoms with Crippen LogP contribution in [0.2, 0.25) is 0 Å². The van der Waals surface area contributed by atoms with Crippen LogP contribution in [-0.2, 0) is 0 Å². The van der Waals surface area contributed by atoms with Gasteiger partial charge in [-0.3, -0.25) is 9.80 Å². The highest BCUT2D eigenvalue weighted by Crippen LogP contribution is 2.24. The van der Waals surface area contributed by atoms with Crippen molar-refractivity contribution < 1.29 is 5.11 Å². The SMILES string of the molecule is CC1CN2CCCC2CN1CCCCCCO. The van der Waals surface area contributed by atoms with Crippen LogP contribution in [0.25, 0.3) is 0 Å². The standard InChI is InChI=1S/C14H28N2O/c1-13-11-16-9-6-7-14(16)12-15(13)8-4-2-3-5-10-17/h13-14,17H,2-12H2,1H3. The van der Waals surface area contributed by atoms with E-state index in [1.807, 2.05) is 0 Å². The fourth-order valence-corrected chi connectivity index (χ4v) is 3.34. The van der Waals surface area contributed by atoms with E-state index < -0.39 is 0 Å². The van der Waals surface area contributed by atoms with E-state index in [1.54, 1.807) is 0 Å². The van der Waals surface area contributed by atoms with Crippen molar-refractivity contribution in [3.8, 4) is 0 Å². The fraction of sp³-hybridized carbons (Fsp3) is 1.00. The Labute approximate surface area is 106 Å². The van der Waals surface area contributed by atoms with Gasteiger partial charge in [0.15, 0.2) is 0 Å². The predicted molar refractivity (Wildman–Crippen MR) is 71.2 cm³/mol. The lowest BCUT2D eigenvalue weighted by Gasteiger charge is -2.42. The van der Waals surface area contributed by atoms with Gasteiger partial charge >= 0.3 is 0 Å². The summed E-state index contributed by atoms with van der Waals surface area (Å²) in [6, 6.07) is 1.59. The molecule has 2 aliphatic rings. The second-order valence-electron chi connectivity index (χ2n) is 5.77. The molecular weight excluding hydrogens is 212 g/mol. The number of aliphatic hydroxyl groups excluding tert-OH is 1. The van der Waals surface area contributed by atoms with Crippen molar-refractivity contribution in [1.82, 2.24) is 9.80 Å². The minimum absolute atomic E-state index is 0.358. The van der Waals surface area contributed by atoms with Crippen LogP contribution in [-0.4, -0.2) is 59.8 Å². The number of unbranched alkanes of at least 4 members (excludes halogenated alkanes) is 3. The molecule has 0 amide bonds. The van der Waals surface area contributed by atoms with E-state index in [9.17, 15) is 0 Å². The number of rotatable bonds is 6. The first-order valence-corrected chi connectivity index (χ1v) is 7.40. The van der Waals surface area contributed by atoms with Crippen LogP contribution in [0, 0.1) is 0 Å². The van der Waals surface area contributed by atoms with E-state index in [2.05, 4.69) is 16.7 Å². The smallest absolute Gasteiger partial charge is 0.0431 e. The van der Waals surface area contributed by atoms with Crippen LogP contribution in [0.3, 0.4) is 0 Å². The summed E-state index contributed by atoms with van der Waals surface area (Å²) in [5.74, 6) is 0. The summed E-state index contributed by atoms with van der Waals surface area (Å²) >= 11 is 0. The highest BCUT2D eigenvalue weighted by atomic mass is 16.2. The molecule has 3 heteroatoms. The Morgan fingerprint density at radius 3 is 2.76 bits per heavy atom. The van der Waals surface area contributed by atoms with E-state index >= 15 is 0 Å². The summed E-state index contributed by atoms with van der Waals surface area (Å²) in [4.78, 5) is 5.37. The van der Waals surface area contributed by atoms with Crippen molar-refractivity contribution in [3.63, 3.8) is 0 Å². The van der Waals surface area contributed by atoms with Crippen molar-refractivity contribution in [2.24, 2.45) is 0 Å². The minimum Gasteiger partial charge on any atom is -0.396 e. The van der Waals surface area contributed by atoms with Gasteiger partial charge in [-0.25, -0.2) is 0 Å². The average Bonchev–Trinajstić information content (AvgIpc) is 2.76.